The standard InChI is InChI=1S/C9H15F3N2O2/c10-9(11,12)6-16-5-4-14-8(15)7-2-1-3-13-7/h7,13H,1-6H2,(H,14,15)/t7-/m1/s1. The summed E-state index contributed by atoms with van der Waals surface area (Å²) in [6, 6.07) is -0.206. The summed E-state index contributed by atoms with van der Waals surface area (Å²) in [6.07, 6.45) is -2.59. The van der Waals surface area contributed by atoms with Gasteiger partial charge in [0.05, 0.1) is 12.6 Å². The van der Waals surface area contributed by atoms with Gasteiger partial charge in [-0.25, -0.2) is 0 Å². The van der Waals surface area contributed by atoms with Gasteiger partial charge in [0, 0.05) is 6.54 Å². The maximum atomic E-state index is 11.7. The fraction of sp³-hybridized carbons (Fsp3) is 0.889. The molecule has 0 spiro atoms. The van der Waals surface area contributed by atoms with Crippen molar-refractivity contribution in [3.63, 3.8) is 0 Å². The topological polar surface area (TPSA) is 50.4 Å². The Balaban J connectivity index is 2.00. The number of alkyl halides is 3. The molecule has 0 aromatic carbocycles. The zero-order valence-corrected chi connectivity index (χ0v) is 8.77. The second kappa shape index (κ2) is 6.05. The van der Waals surface area contributed by atoms with Crippen molar-refractivity contribution < 1.29 is 22.7 Å². The maximum absolute atomic E-state index is 11.7. The lowest BCUT2D eigenvalue weighted by atomic mass is 10.2. The Labute approximate surface area is 91.5 Å². The van der Waals surface area contributed by atoms with Crippen molar-refractivity contribution in [2.75, 3.05) is 26.3 Å². The highest BCUT2D eigenvalue weighted by atomic mass is 19.4. The van der Waals surface area contributed by atoms with E-state index in [-0.39, 0.29) is 25.1 Å². The Hall–Kier alpha value is -0.820. The lowest BCUT2D eigenvalue weighted by Gasteiger charge is -2.11. The van der Waals surface area contributed by atoms with Crippen LogP contribution in [-0.2, 0) is 9.53 Å². The number of ether oxygens (including phenoxy) is 1. The van der Waals surface area contributed by atoms with E-state index in [0.717, 1.165) is 19.4 Å². The molecule has 0 aromatic rings. The molecule has 0 aromatic heterocycles. The van der Waals surface area contributed by atoms with Gasteiger partial charge >= 0.3 is 6.18 Å². The Kier molecular flexibility index (Phi) is 5.01. The van der Waals surface area contributed by atoms with Crippen molar-refractivity contribution in [3.8, 4) is 0 Å². The molecule has 1 fully saturated rings. The van der Waals surface area contributed by atoms with Crippen LogP contribution in [0.15, 0.2) is 0 Å². The fourth-order valence-electron chi connectivity index (χ4n) is 1.47. The van der Waals surface area contributed by atoms with Crippen molar-refractivity contribution in [2.45, 2.75) is 25.1 Å². The van der Waals surface area contributed by atoms with E-state index in [0.29, 0.717) is 0 Å². The fourth-order valence-corrected chi connectivity index (χ4v) is 1.47. The predicted octanol–water partition coefficient (Wildman–Crippen LogP) is 0.433. The normalized spacial score (nSPS) is 21.1. The second-order valence-corrected chi connectivity index (χ2v) is 3.61. The summed E-state index contributed by atoms with van der Waals surface area (Å²) in [5.74, 6) is -0.173. The van der Waals surface area contributed by atoms with Crippen LogP contribution in [-0.4, -0.2) is 44.4 Å². The third-order valence-corrected chi connectivity index (χ3v) is 2.19. The van der Waals surface area contributed by atoms with E-state index in [9.17, 15) is 18.0 Å². The van der Waals surface area contributed by atoms with Crippen LogP contribution in [0, 0.1) is 0 Å². The van der Waals surface area contributed by atoms with Crippen LogP contribution in [0.2, 0.25) is 0 Å². The molecule has 1 amide bonds. The van der Waals surface area contributed by atoms with Crippen LogP contribution in [0.1, 0.15) is 12.8 Å². The van der Waals surface area contributed by atoms with Gasteiger partial charge in [-0.2, -0.15) is 13.2 Å². The Bertz CT molecular complexity index is 227. The van der Waals surface area contributed by atoms with Crippen LogP contribution < -0.4 is 10.6 Å². The van der Waals surface area contributed by atoms with Crippen LogP contribution in [0.25, 0.3) is 0 Å². The summed E-state index contributed by atoms with van der Waals surface area (Å²) in [6.45, 7) is -0.488. The molecular weight excluding hydrogens is 225 g/mol. The number of amides is 1. The van der Waals surface area contributed by atoms with Gasteiger partial charge in [0.25, 0.3) is 0 Å². The molecule has 1 rings (SSSR count). The molecule has 1 aliphatic heterocycles. The molecular formula is C9H15F3N2O2. The average Bonchev–Trinajstić information content (AvgIpc) is 2.67. The summed E-state index contributed by atoms with van der Waals surface area (Å²) < 4.78 is 39.3. The number of nitrogens with one attached hydrogen (secondary N) is 2. The first-order valence-electron chi connectivity index (χ1n) is 5.14. The van der Waals surface area contributed by atoms with Gasteiger partial charge in [-0.3, -0.25) is 4.79 Å². The molecule has 1 atom stereocenters. The van der Waals surface area contributed by atoms with Crippen molar-refractivity contribution in [3.05, 3.63) is 0 Å². The van der Waals surface area contributed by atoms with E-state index in [4.69, 9.17) is 0 Å². The molecule has 7 heteroatoms. The quantitative estimate of drug-likeness (QED) is 0.685. The first-order chi connectivity index (χ1) is 7.49. The first kappa shape index (κ1) is 13.2. The largest absolute Gasteiger partial charge is 0.411 e. The summed E-state index contributed by atoms with van der Waals surface area (Å²) in [5.41, 5.74) is 0. The average molecular weight is 240 g/mol. The molecule has 0 saturated carbocycles. The second-order valence-electron chi connectivity index (χ2n) is 3.61. The molecule has 1 heterocycles. The Morgan fingerprint density at radius 2 is 2.25 bits per heavy atom. The zero-order valence-electron chi connectivity index (χ0n) is 8.77. The highest BCUT2D eigenvalue weighted by Gasteiger charge is 2.27. The number of rotatable bonds is 5. The van der Waals surface area contributed by atoms with Crippen molar-refractivity contribution in [1.82, 2.24) is 10.6 Å². The smallest absolute Gasteiger partial charge is 0.370 e. The number of halogens is 3. The van der Waals surface area contributed by atoms with E-state index in [2.05, 4.69) is 15.4 Å². The monoisotopic (exact) mass is 240 g/mol. The third kappa shape index (κ3) is 5.32. The highest BCUT2D eigenvalue weighted by molar-refractivity contribution is 5.81. The van der Waals surface area contributed by atoms with E-state index in [1.165, 1.54) is 0 Å². The van der Waals surface area contributed by atoms with Gasteiger partial charge in [0.2, 0.25) is 5.91 Å². The lowest BCUT2D eigenvalue weighted by Crippen LogP contribution is -2.41. The van der Waals surface area contributed by atoms with Gasteiger partial charge in [-0.05, 0) is 19.4 Å². The van der Waals surface area contributed by atoms with Gasteiger partial charge in [0.15, 0.2) is 0 Å². The molecule has 0 bridgehead atoms. The molecule has 0 unspecified atom stereocenters. The highest BCUT2D eigenvalue weighted by Crippen LogP contribution is 2.13. The number of carbonyl (C=O) groups is 1. The molecule has 94 valence electrons. The minimum atomic E-state index is -4.31. The predicted molar refractivity (Wildman–Crippen MR) is 50.9 cm³/mol. The van der Waals surface area contributed by atoms with Crippen LogP contribution in [0.3, 0.4) is 0 Å². The number of carbonyl (C=O) groups excluding carboxylic acids is 1. The molecule has 2 N–H and O–H groups in total. The van der Waals surface area contributed by atoms with Crippen LogP contribution in [0.5, 0.6) is 0 Å². The summed E-state index contributed by atoms with van der Waals surface area (Å²) in [7, 11) is 0. The summed E-state index contributed by atoms with van der Waals surface area (Å²) in [4.78, 5) is 11.4. The lowest BCUT2D eigenvalue weighted by molar-refractivity contribution is -0.173. The maximum Gasteiger partial charge on any atom is 0.411 e. The molecule has 4 nitrogen and oxygen atoms in total. The van der Waals surface area contributed by atoms with Gasteiger partial charge in [-0.15, -0.1) is 0 Å². The van der Waals surface area contributed by atoms with Gasteiger partial charge < -0.3 is 15.4 Å². The third-order valence-electron chi connectivity index (χ3n) is 2.19. The summed E-state index contributed by atoms with van der Waals surface area (Å²) >= 11 is 0. The minimum Gasteiger partial charge on any atom is -0.370 e. The van der Waals surface area contributed by atoms with Gasteiger partial charge in [0.1, 0.15) is 6.61 Å². The molecule has 1 aliphatic rings. The van der Waals surface area contributed by atoms with E-state index >= 15 is 0 Å². The van der Waals surface area contributed by atoms with Crippen molar-refractivity contribution in [1.29, 1.82) is 0 Å². The number of hydrogen-bond acceptors (Lipinski definition) is 3. The van der Waals surface area contributed by atoms with E-state index in [1.54, 1.807) is 0 Å². The molecule has 0 radical (unpaired) electrons. The van der Waals surface area contributed by atoms with Gasteiger partial charge in [-0.1, -0.05) is 0 Å². The van der Waals surface area contributed by atoms with Crippen molar-refractivity contribution >= 4 is 5.91 Å². The van der Waals surface area contributed by atoms with Crippen LogP contribution >= 0.6 is 0 Å². The zero-order chi connectivity index (χ0) is 12.0. The first-order valence-corrected chi connectivity index (χ1v) is 5.14. The van der Waals surface area contributed by atoms with Crippen LogP contribution in [0.4, 0.5) is 13.2 Å². The summed E-state index contributed by atoms with van der Waals surface area (Å²) in [5, 5.41) is 5.51. The SMILES string of the molecule is O=C(NCCOCC(F)(F)F)[C@H]1CCCN1. The Morgan fingerprint density at radius 3 is 2.81 bits per heavy atom. The molecule has 1 saturated heterocycles. The van der Waals surface area contributed by atoms with Crippen molar-refractivity contribution in [2.24, 2.45) is 0 Å². The molecule has 0 aliphatic carbocycles. The van der Waals surface area contributed by atoms with E-state index in [1.807, 2.05) is 0 Å². The van der Waals surface area contributed by atoms with E-state index < -0.39 is 12.8 Å². The Morgan fingerprint density at radius 1 is 1.50 bits per heavy atom. The molecule has 16 heavy (non-hydrogen) atoms. The number of hydrogen-bond donors (Lipinski definition) is 2. The minimum absolute atomic E-state index is 0.104.